The molecule has 0 aliphatic rings. The zero-order chi connectivity index (χ0) is 14.7. The zero-order valence-corrected chi connectivity index (χ0v) is 13.1. The van der Waals surface area contributed by atoms with Gasteiger partial charge in [-0.2, -0.15) is 0 Å². The molecule has 0 fully saturated rings. The highest BCUT2D eigenvalue weighted by Gasteiger charge is 1.77. The lowest BCUT2D eigenvalue weighted by Gasteiger charge is -1.87. The van der Waals surface area contributed by atoms with E-state index in [1.54, 1.807) is 0 Å². The Morgan fingerprint density at radius 1 is 0.600 bits per heavy atom. The minimum atomic E-state index is 0.883. The zero-order valence-electron chi connectivity index (χ0n) is 13.1. The maximum Gasteiger partial charge on any atom is -0.0169 e. The van der Waals surface area contributed by atoms with Crippen LogP contribution in [-0.2, 0) is 0 Å². The largest absolute Gasteiger partial charge is 0.0882 e. The van der Waals surface area contributed by atoms with Crippen molar-refractivity contribution in [1.82, 2.24) is 0 Å². The van der Waals surface area contributed by atoms with Crippen LogP contribution < -0.4 is 0 Å². The number of hydrogen-bond acceptors (Lipinski definition) is 0. The second-order valence-corrected chi connectivity index (χ2v) is 4.73. The lowest BCUT2D eigenvalue weighted by molar-refractivity contribution is 0.813. The van der Waals surface area contributed by atoms with Crippen molar-refractivity contribution in [3.8, 4) is 0 Å². The highest BCUT2D eigenvalue weighted by Crippen LogP contribution is 1.98. The molecule has 20 heavy (non-hydrogen) atoms. The molecule has 0 aromatic rings. The molecule has 0 heterocycles. The number of allylic oxidation sites excluding steroid dienone is 10. The van der Waals surface area contributed by atoms with Crippen LogP contribution in [0.2, 0.25) is 0 Å². The molecule has 0 aliphatic carbocycles. The average molecular weight is 271 g/mol. The summed E-state index contributed by atoms with van der Waals surface area (Å²) in [6.45, 7) is 5.99. The van der Waals surface area contributed by atoms with Gasteiger partial charge in [-0.15, -0.1) is 0 Å². The van der Waals surface area contributed by atoms with E-state index >= 15 is 0 Å². The quantitative estimate of drug-likeness (QED) is 0.272. The summed E-state index contributed by atoms with van der Waals surface area (Å²) in [6.07, 6.45) is 31.0. The van der Waals surface area contributed by atoms with Gasteiger partial charge in [0.25, 0.3) is 0 Å². The smallest absolute Gasteiger partial charge is 0.0169 e. The van der Waals surface area contributed by atoms with Crippen LogP contribution in [0.4, 0.5) is 0 Å². The monoisotopic (exact) mass is 271 g/mol. The minimum Gasteiger partial charge on any atom is -0.0882 e. The third kappa shape index (κ3) is 16.7. The van der Waals surface area contributed by atoms with Crippen molar-refractivity contribution >= 4 is 0 Å². The van der Waals surface area contributed by atoms with Gasteiger partial charge in [-0.1, -0.05) is 80.5 Å². The molecule has 0 saturated carbocycles. The first-order chi connectivity index (χ1) is 9.91. The summed E-state index contributed by atoms with van der Waals surface area (Å²) in [5.74, 6) is 0. The van der Waals surface area contributed by atoms with Gasteiger partial charge in [0.1, 0.15) is 0 Å². The van der Waals surface area contributed by atoms with Crippen molar-refractivity contribution in [1.29, 1.82) is 0 Å². The number of unbranched alkanes of at least 4 members (excludes halogenated alkanes) is 2. The van der Waals surface area contributed by atoms with Crippen molar-refractivity contribution in [3.63, 3.8) is 0 Å². The SMILES string of the molecule is [CH2]C/C=C\C/C=C\C/C=C\C/C=C\C/C=C\CCCC. The van der Waals surface area contributed by atoms with E-state index in [4.69, 9.17) is 0 Å². The van der Waals surface area contributed by atoms with Crippen LogP contribution in [0.25, 0.3) is 0 Å². The van der Waals surface area contributed by atoms with Crippen LogP contribution >= 0.6 is 0 Å². The topological polar surface area (TPSA) is 0 Å². The molecule has 0 amide bonds. The predicted octanol–water partition coefficient (Wildman–Crippen LogP) is 6.74. The first-order valence-corrected chi connectivity index (χ1v) is 7.96. The maximum absolute atomic E-state index is 3.76. The Hall–Kier alpha value is -1.30. The predicted molar refractivity (Wildman–Crippen MR) is 93.7 cm³/mol. The highest BCUT2D eigenvalue weighted by molar-refractivity contribution is 5.00. The second-order valence-electron chi connectivity index (χ2n) is 4.73. The van der Waals surface area contributed by atoms with Gasteiger partial charge in [-0.25, -0.2) is 0 Å². The maximum atomic E-state index is 3.76. The number of hydrogen-bond donors (Lipinski definition) is 0. The lowest BCUT2D eigenvalue weighted by atomic mass is 10.2. The molecule has 0 aliphatic heterocycles. The Morgan fingerprint density at radius 2 is 1.00 bits per heavy atom. The third-order valence-corrected chi connectivity index (χ3v) is 2.81. The molecular formula is C20H31. The third-order valence-electron chi connectivity index (χ3n) is 2.81. The fourth-order valence-corrected chi connectivity index (χ4v) is 1.64. The lowest BCUT2D eigenvalue weighted by Crippen LogP contribution is -1.67. The van der Waals surface area contributed by atoms with Crippen molar-refractivity contribution in [2.45, 2.75) is 58.3 Å². The standard InChI is InChI=1S/C20H31/c1-3-5-7-9-11-13-15-17-19-20-18-16-14-12-10-8-6-4-2/h5,7,10-13,16-19H,1,3-4,6,8-9,14-15,20H2,2H3/b7-5-,12-10-,13-11-,18-16-,19-17-. The fourth-order valence-electron chi connectivity index (χ4n) is 1.64. The Morgan fingerprint density at radius 3 is 1.40 bits per heavy atom. The summed E-state index contributed by atoms with van der Waals surface area (Å²) in [5, 5.41) is 0. The molecule has 111 valence electrons. The molecule has 0 unspecified atom stereocenters. The van der Waals surface area contributed by atoms with E-state index < -0.39 is 0 Å². The Labute approximate surface area is 126 Å². The first kappa shape index (κ1) is 18.7. The van der Waals surface area contributed by atoms with Gasteiger partial charge in [0, 0.05) is 0 Å². The number of rotatable bonds is 12. The Kier molecular flexibility index (Phi) is 16.5. The average Bonchev–Trinajstić information content (AvgIpc) is 2.47. The van der Waals surface area contributed by atoms with Crippen LogP contribution in [-0.4, -0.2) is 0 Å². The van der Waals surface area contributed by atoms with Crippen LogP contribution in [0, 0.1) is 6.92 Å². The van der Waals surface area contributed by atoms with E-state index in [0.29, 0.717) is 0 Å². The van der Waals surface area contributed by atoms with Gasteiger partial charge in [0.2, 0.25) is 0 Å². The van der Waals surface area contributed by atoms with Gasteiger partial charge in [0.05, 0.1) is 0 Å². The molecule has 0 atom stereocenters. The molecule has 0 rings (SSSR count). The summed E-state index contributed by atoms with van der Waals surface area (Å²) < 4.78 is 0. The molecule has 0 spiro atoms. The summed E-state index contributed by atoms with van der Waals surface area (Å²) in [6, 6.07) is 0. The van der Waals surface area contributed by atoms with E-state index in [9.17, 15) is 0 Å². The van der Waals surface area contributed by atoms with Crippen LogP contribution in [0.3, 0.4) is 0 Å². The Balaban J connectivity index is 3.42. The van der Waals surface area contributed by atoms with E-state index in [2.05, 4.69) is 74.6 Å². The summed E-state index contributed by atoms with van der Waals surface area (Å²) >= 11 is 0. The highest BCUT2D eigenvalue weighted by atomic mass is 13.8. The van der Waals surface area contributed by atoms with Gasteiger partial charge in [0.15, 0.2) is 0 Å². The van der Waals surface area contributed by atoms with Gasteiger partial charge >= 0.3 is 0 Å². The van der Waals surface area contributed by atoms with Crippen LogP contribution in [0.15, 0.2) is 60.8 Å². The molecule has 0 heteroatoms. The van der Waals surface area contributed by atoms with Gasteiger partial charge in [-0.3, -0.25) is 0 Å². The van der Waals surface area contributed by atoms with Crippen molar-refractivity contribution in [2.24, 2.45) is 0 Å². The van der Waals surface area contributed by atoms with Crippen molar-refractivity contribution < 1.29 is 0 Å². The van der Waals surface area contributed by atoms with E-state index in [0.717, 1.165) is 32.1 Å². The van der Waals surface area contributed by atoms with E-state index in [1.165, 1.54) is 19.3 Å². The molecule has 0 saturated heterocycles. The first-order valence-electron chi connectivity index (χ1n) is 7.96. The van der Waals surface area contributed by atoms with Gasteiger partial charge < -0.3 is 0 Å². The van der Waals surface area contributed by atoms with Crippen LogP contribution in [0.1, 0.15) is 58.3 Å². The molecule has 0 nitrogen and oxygen atoms in total. The summed E-state index contributed by atoms with van der Waals surface area (Å²) in [5.41, 5.74) is 0. The molecular weight excluding hydrogens is 240 g/mol. The molecule has 0 aromatic heterocycles. The van der Waals surface area contributed by atoms with E-state index in [1.807, 2.05) is 0 Å². The molecule has 1 radical (unpaired) electrons. The van der Waals surface area contributed by atoms with Crippen molar-refractivity contribution in [3.05, 3.63) is 67.7 Å². The summed E-state index contributed by atoms with van der Waals surface area (Å²) in [4.78, 5) is 0. The normalized spacial score (nSPS) is 13.1. The fraction of sp³-hybridized carbons (Fsp3) is 0.450. The molecule has 0 aromatic carbocycles. The Bertz CT molecular complexity index is 313. The summed E-state index contributed by atoms with van der Waals surface area (Å²) in [7, 11) is 0. The second kappa shape index (κ2) is 17.7. The molecule has 0 bridgehead atoms. The minimum absolute atomic E-state index is 0.883. The van der Waals surface area contributed by atoms with E-state index in [-0.39, 0.29) is 0 Å². The van der Waals surface area contributed by atoms with Gasteiger partial charge in [-0.05, 0) is 45.4 Å². The van der Waals surface area contributed by atoms with Crippen molar-refractivity contribution in [2.75, 3.05) is 0 Å². The van der Waals surface area contributed by atoms with Crippen LogP contribution in [0.5, 0.6) is 0 Å². The molecule has 0 N–H and O–H groups in total.